The lowest BCUT2D eigenvalue weighted by molar-refractivity contribution is 0.403. The average molecular weight is 667 g/mol. The molecular formula is C48H51BN2. The summed E-state index contributed by atoms with van der Waals surface area (Å²) in [6.45, 7) is 27.3. The summed E-state index contributed by atoms with van der Waals surface area (Å²) in [6, 6.07) is 33.0. The Balaban J connectivity index is 1.47. The van der Waals surface area contributed by atoms with E-state index in [0.717, 1.165) is 12.8 Å². The van der Waals surface area contributed by atoms with Crippen LogP contribution in [0.1, 0.15) is 117 Å². The van der Waals surface area contributed by atoms with Crippen molar-refractivity contribution in [1.29, 1.82) is 0 Å². The Morgan fingerprint density at radius 3 is 1.27 bits per heavy atom. The van der Waals surface area contributed by atoms with Crippen LogP contribution in [0.3, 0.4) is 0 Å². The van der Waals surface area contributed by atoms with Gasteiger partial charge in [0.2, 0.25) is 0 Å². The van der Waals surface area contributed by atoms with Crippen molar-refractivity contribution >= 4 is 57.2 Å². The van der Waals surface area contributed by atoms with Crippen LogP contribution in [0.5, 0.6) is 0 Å². The molecule has 0 radical (unpaired) electrons. The van der Waals surface area contributed by atoms with Crippen LogP contribution in [-0.4, -0.2) is 6.71 Å². The van der Waals surface area contributed by atoms with Gasteiger partial charge >= 0.3 is 0 Å². The topological polar surface area (TPSA) is 6.48 Å². The zero-order valence-corrected chi connectivity index (χ0v) is 32.5. The van der Waals surface area contributed by atoms with Crippen molar-refractivity contribution in [2.24, 2.45) is 0 Å². The highest BCUT2D eigenvalue weighted by Crippen LogP contribution is 2.61. The molecule has 256 valence electrons. The molecule has 0 amide bonds. The second-order valence-electron chi connectivity index (χ2n) is 20.1. The summed E-state index contributed by atoms with van der Waals surface area (Å²) in [6.07, 6.45) is 2.29. The van der Waals surface area contributed by atoms with Gasteiger partial charge in [0, 0.05) is 34.1 Å². The normalized spacial score (nSPS) is 20.0. The first-order chi connectivity index (χ1) is 23.9. The van der Waals surface area contributed by atoms with Crippen LogP contribution in [0, 0.1) is 0 Å². The van der Waals surface area contributed by atoms with Crippen LogP contribution in [0.4, 0.5) is 34.1 Å². The van der Waals surface area contributed by atoms with Crippen molar-refractivity contribution in [3.8, 4) is 11.1 Å². The third kappa shape index (κ3) is 3.91. The van der Waals surface area contributed by atoms with Gasteiger partial charge in [-0.3, -0.25) is 0 Å². The first kappa shape index (κ1) is 31.5. The Morgan fingerprint density at radius 2 is 0.902 bits per heavy atom. The monoisotopic (exact) mass is 666 g/mol. The highest BCUT2D eigenvalue weighted by atomic mass is 15.2. The van der Waals surface area contributed by atoms with E-state index in [1.807, 2.05) is 0 Å². The molecule has 51 heavy (non-hydrogen) atoms. The summed E-state index contributed by atoms with van der Waals surface area (Å²) in [5.74, 6) is 0. The number of fused-ring (bicyclic) bond motifs is 5. The fraction of sp³-hybridized carbons (Fsp3) is 0.375. The van der Waals surface area contributed by atoms with Crippen molar-refractivity contribution in [1.82, 2.24) is 0 Å². The summed E-state index contributed by atoms with van der Waals surface area (Å²) in [5.41, 5.74) is 23.3. The van der Waals surface area contributed by atoms with Gasteiger partial charge in [-0.05, 0) is 132 Å². The van der Waals surface area contributed by atoms with E-state index in [0.29, 0.717) is 0 Å². The molecule has 0 saturated heterocycles. The molecule has 0 aromatic heterocycles. The molecule has 10 rings (SSSR count). The molecule has 2 aliphatic carbocycles. The summed E-state index contributed by atoms with van der Waals surface area (Å²) in [5, 5.41) is 0. The predicted octanol–water partition coefficient (Wildman–Crippen LogP) is 11.0. The first-order valence-electron chi connectivity index (χ1n) is 19.3. The van der Waals surface area contributed by atoms with E-state index >= 15 is 0 Å². The number of nitrogens with zero attached hydrogens (tertiary/aromatic N) is 2. The number of para-hydroxylation sites is 2. The second kappa shape index (κ2) is 9.40. The van der Waals surface area contributed by atoms with E-state index < -0.39 is 0 Å². The molecule has 0 spiro atoms. The number of benzene rings is 5. The lowest BCUT2D eigenvalue weighted by atomic mass is 9.34. The number of rotatable bonds is 2. The SMILES string of the molecule is CC(C)(C)c1cc2c3c(c1)N(c1ccccc1)c1c4c(cc5c1C(C)(C)CC5(C)C)-c1cc5c(c(c1B34)N2c1ccccc1)C(C)(C)CC5(C)C. The summed E-state index contributed by atoms with van der Waals surface area (Å²) < 4.78 is 0. The van der Waals surface area contributed by atoms with Crippen LogP contribution in [0.2, 0.25) is 0 Å². The molecule has 3 heterocycles. The minimum atomic E-state index is -0.0391. The van der Waals surface area contributed by atoms with E-state index in [-0.39, 0.29) is 33.8 Å². The summed E-state index contributed by atoms with van der Waals surface area (Å²) in [4.78, 5) is 5.40. The van der Waals surface area contributed by atoms with Gasteiger partial charge in [-0.15, -0.1) is 0 Å². The summed E-state index contributed by atoms with van der Waals surface area (Å²) >= 11 is 0. The van der Waals surface area contributed by atoms with E-state index in [1.54, 1.807) is 11.1 Å². The van der Waals surface area contributed by atoms with Gasteiger partial charge in [0.1, 0.15) is 0 Å². The van der Waals surface area contributed by atoms with Gasteiger partial charge < -0.3 is 9.80 Å². The average Bonchev–Trinajstić information content (AvgIpc) is 3.56. The van der Waals surface area contributed by atoms with Crippen molar-refractivity contribution in [3.63, 3.8) is 0 Å². The Morgan fingerprint density at radius 1 is 0.510 bits per heavy atom. The van der Waals surface area contributed by atoms with Crippen LogP contribution in [0.25, 0.3) is 11.1 Å². The highest BCUT2D eigenvalue weighted by molar-refractivity contribution is 7.03. The maximum Gasteiger partial charge on any atom is 0.253 e. The van der Waals surface area contributed by atoms with Crippen LogP contribution in [-0.2, 0) is 27.1 Å². The third-order valence-electron chi connectivity index (χ3n) is 13.4. The first-order valence-corrected chi connectivity index (χ1v) is 19.3. The Labute approximate surface area is 306 Å². The smallest absolute Gasteiger partial charge is 0.253 e. The standard InChI is InChI=1S/C48H51BN2/c1-44(2,3)28-22-35-41-36(23-28)51(30-20-16-13-17-21-30)43-38-34(46(6,7)27-48(38,10)11)25-32-31-24-33-37(47(8,9)26-45(33,4)5)42(39(31)49(41)40(32)43)50(35)29-18-14-12-15-19-29/h12-25H,26-27H2,1-11H3. The van der Waals surface area contributed by atoms with Gasteiger partial charge in [0.15, 0.2) is 0 Å². The fourth-order valence-electron chi connectivity index (χ4n) is 12.0. The number of hydrogen-bond acceptors (Lipinski definition) is 2. The molecule has 2 nitrogen and oxygen atoms in total. The van der Waals surface area contributed by atoms with Crippen molar-refractivity contribution in [3.05, 3.63) is 113 Å². The largest absolute Gasteiger partial charge is 0.311 e. The fourth-order valence-corrected chi connectivity index (χ4v) is 12.0. The Hall–Kier alpha value is -4.24. The molecule has 0 bridgehead atoms. The maximum absolute atomic E-state index is 2.70. The zero-order chi connectivity index (χ0) is 35.8. The Bertz CT molecular complexity index is 2200. The van der Waals surface area contributed by atoms with E-state index in [4.69, 9.17) is 0 Å². The zero-order valence-electron chi connectivity index (χ0n) is 32.5. The minimum absolute atomic E-state index is 0.0340. The number of anilines is 6. The lowest BCUT2D eigenvalue weighted by Crippen LogP contribution is -2.60. The molecule has 0 fully saturated rings. The molecule has 5 aliphatic rings. The van der Waals surface area contributed by atoms with Crippen molar-refractivity contribution < 1.29 is 0 Å². The molecule has 0 unspecified atom stereocenters. The van der Waals surface area contributed by atoms with Gasteiger partial charge in [-0.2, -0.15) is 0 Å². The van der Waals surface area contributed by atoms with Gasteiger partial charge in [0.05, 0.1) is 0 Å². The molecule has 0 N–H and O–H groups in total. The quantitative estimate of drug-likeness (QED) is 0.169. The Kier molecular flexibility index (Phi) is 5.81. The van der Waals surface area contributed by atoms with Gasteiger partial charge in [-0.25, -0.2) is 0 Å². The van der Waals surface area contributed by atoms with Crippen LogP contribution >= 0.6 is 0 Å². The predicted molar refractivity (Wildman–Crippen MR) is 219 cm³/mol. The molecule has 3 heteroatoms. The van der Waals surface area contributed by atoms with Crippen LogP contribution < -0.4 is 26.2 Å². The molecular weight excluding hydrogens is 615 g/mol. The van der Waals surface area contributed by atoms with E-state index in [2.05, 4.69) is 171 Å². The van der Waals surface area contributed by atoms with Gasteiger partial charge in [0.25, 0.3) is 6.71 Å². The van der Waals surface area contributed by atoms with Crippen molar-refractivity contribution in [2.45, 2.75) is 116 Å². The third-order valence-corrected chi connectivity index (χ3v) is 13.4. The molecule has 3 aliphatic heterocycles. The minimum Gasteiger partial charge on any atom is -0.311 e. The molecule has 5 aromatic rings. The maximum atomic E-state index is 2.70. The van der Waals surface area contributed by atoms with Gasteiger partial charge in [-0.1, -0.05) is 125 Å². The second-order valence-corrected chi connectivity index (χ2v) is 20.1. The lowest BCUT2D eigenvalue weighted by Gasteiger charge is -2.46. The summed E-state index contributed by atoms with van der Waals surface area (Å²) in [7, 11) is 0. The van der Waals surface area contributed by atoms with E-state index in [9.17, 15) is 0 Å². The molecule has 5 aromatic carbocycles. The van der Waals surface area contributed by atoms with E-state index in [1.165, 1.54) is 78.3 Å². The molecule has 0 saturated carbocycles. The number of hydrogen-bond donors (Lipinski definition) is 0. The molecule has 0 atom stereocenters. The van der Waals surface area contributed by atoms with Crippen LogP contribution in [0.15, 0.2) is 84.9 Å². The van der Waals surface area contributed by atoms with Crippen molar-refractivity contribution in [2.75, 3.05) is 9.80 Å². The highest BCUT2D eigenvalue weighted by Gasteiger charge is 2.57.